The van der Waals surface area contributed by atoms with Crippen LogP contribution in [-0.4, -0.2) is 70.4 Å². The molecule has 0 spiro atoms. The van der Waals surface area contributed by atoms with Crippen LogP contribution in [0.15, 0.2) is 18.2 Å². The van der Waals surface area contributed by atoms with E-state index in [9.17, 15) is 29.1 Å². The van der Waals surface area contributed by atoms with E-state index in [1.54, 1.807) is 33.0 Å². The molecule has 1 unspecified atom stereocenters. The first-order valence-electron chi connectivity index (χ1n) is 10.4. The van der Waals surface area contributed by atoms with Crippen LogP contribution in [-0.2, 0) is 19.2 Å². The predicted molar refractivity (Wildman–Crippen MR) is 110 cm³/mol. The lowest BCUT2D eigenvalue weighted by molar-refractivity contribution is -0.858. The van der Waals surface area contributed by atoms with Gasteiger partial charge >= 0.3 is 17.8 Å². The van der Waals surface area contributed by atoms with Crippen molar-refractivity contribution < 1.29 is 38.5 Å². The van der Waals surface area contributed by atoms with Crippen LogP contribution in [0, 0.1) is 5.92 Å². The number of imide groups is 2. The number of piperidine rings is 1. The minimum absolute atomic E-state index is 0.0256. The minimum Gasteiger partial charge on any atom is -0.395 e. The first kappa shape index (κ1) is 23.5. The second-order valence-electron chi connectivity index (χ2n) is 8.14. The lowest BCUT2D eigenvalue weighted by Gasteiger charge is -2.38. The summed E-state index contributed by atoms with van der Waals surface area (Å²) in [6, 6.07) is 3.30. The van der Waals surface area contributed by atoms with Crippen molar-refractivity contribution in [1.82, 2.24) is 10.5 Å². The molecule has 1 fully saturated rings. The van der Waals surface area contributed by atoms with Crippen molar-refractivity contribution in [3.05, 3.63) is 29.3 Å². The average molecular weight is 447 g/mol. The highest BCUT2D eigenvalue weighted by Crippen LogP contribution is 2.38. The number of amides is 4. The van der Waals surface area contributed by atoms with Crippen LogP contribution in [0.1, 0.15) is 53.8 Å². The molecule has 4 amide bonds. The Hall–Kier alpha value is -3.15. The van der Waals surface area contributed by atoms with E-state index in [2.05, 4.69) is 10.9 Å². The zero-order valence-electron chi connectivity index (χ0n) is 18.2. The molecular weight excluding hydrogens is 420 g/mol. The van der Waals surface area contributed by atoms with Gasteiger partial charge < -0.3 is 15.3 Å². The van der Waals surface area contributed by atoms with Crippen molar-refractivity contribution in [2.45, 2.75) is 39.2 Å². The highest BCUT2D eigenvalue weighted by atomic mass is 16.7. The molecule has 1 aromatic rings. The predicted octanol–water partition coefficient (Wildman–Crippen LogP) is 0.358. The maximum absolute atomic E-state index is 13.7. The molecule has 32 heavy (non-hydrogen) atoms. The van der Waals surface area contributed by atoms with Gasteiger partial charge in [-0.2, -0.15) is 0 Å². The summed E-state index contributed by atoms with van der Waals surface area (Å²) < 4.78 is -1.30. The van der Waals surface area contributed by atoms with Gasteiger partial charge in [0.1, 0.15) is 11.1 Å². The van der Waals surface area contributed by atoms with E-state index >= 15 is 0 Å². The number of anilines is 1. The molecule has 0 radical (unpaired) electrons. The number of fused-ring (bicyclic) bond motifs is 1. The second-order valence-corrected chi connectivity index (χ2v) is 8.14. The zero-order valence-corrected chi connectivity index (χ0v) is 18.2. The monoisotopic (exact) mass is 447 g/mol. The highest BCUT2D eigenvalue weighted by molar-refractivity contribution is 6.18. The van der Waals surface area contributed by atoms with E-state index in [-0.39, 0.29) is 42.9 Å². The Morgan fingerprint density at radius 1 is 1.25 bits per heavy atom. The quantitative estimate of drug-likeness (QED) is 0.292. The summed E-state index contributed by atoms with van der Waals surface area (Å²) in [6.07, 6.45) is -0.208. The van der Waals surface area contributed by atoms with Gasteiger partial charge in [-0.05, 0) is 18.1 Å². The molecule has 0 aliphatic carbocycles. The van der Waals surface area contributed by atoms with Crippen LogP contribution in [0.3, 0.4) is 0 Å². The molecule has 0 bridgehead atoms. The molecule has 172 valence electrons. The number of nitrogens with zero attached hydrogens (tertiary/aromatic N) is 2. The summed E-state index contributed by atoms with van der Waals surface area (Å²) in [6.45, 7) is 2.87. The number of rotatable bonds is 8. The molecule has 1 saturated heterocycles. The third-order valence-corrected chi connectivity index (χ3v) is 5.57. The number of hydrogen-bond acceptors (Lipinski definition) is 9. The maximum atomic E-state index is 13.7. The Balaban J connectivity index is 2.08. The Morgan fingerprint density at radius 3 is 2.59 bits per heavy atom. The average Bonchev–Trinajstić information content (AvgIpc) is 2.97. The van der Waals surface area contributed by atoms with Crippen molar-refractivity contribution >= 4 is 35.3 Å². The number of likely N-dealkylation sites (tertiary alicyclic amines) is 1. The Labute approximate surface area is 184 Å². The molecule has 11 nitrogen and oxygen atoms in total. The SMILES string of the molecule is CNc1cccc2c1C(=O)[N@+](NOC(=O)CC(C)C)(C1CCC(=O)N(CCO)C1=O)C2=O. The third-order valence-electron chi connectivity index (χ3n) is 5.57. The molecule has 11 heteroatoms. The molecule has 2 aliphatic rings. The molecular formula is C21H27N4O7+. The number of aliphatic hydroxyl groups excluding tert-OH is 1. The fraction of sp³-hybridized carbons (Fsp3) is 0.476. The summed E-state index contributed by atoms with van der Waals surface area (Å²) in [5, 5.41) is 12.1. The van der Waals surface area contributed by atoms with E-state index in [0.29, 0.717) is 5.69 Å². The summed E-state index contributed by atoms with van der Waals surface area (Å²) in [7, 11) is 1.59. The fourth-order valence-electron chi connectivity index (χ4n) is 4.07. The molecule has 2 atom stereocenters. The van der Waals surface area contributed by atoms with E-state index in [1.807, 2.05) is 0 Å². The van der Waals surface area contributed by atoms with E-state index < -0.39 is 46.8 Å². The molecule has 0 saturated carbocycles. The van der Waals surface area contributed by atoms with Crippen molar-refractivity contribution in [1.29, 1.82) is 0 Å². The number of nitrogens with one attached hydrogen (secondary N) is 2. The molecule has 3 N–H and O–H groups in total. The van der Waals surface area contributed by atoms with Crippen molar-refractivity contribution in [2.75, 3.05) is 25.5 Å². The van der Waals surface area contributed by atoms with Gasteiger partial charge in [0, 0.05) is 31.9 Å². The number of β-amino-alcohol motifs (C(OH)–C–C–N with tert-alkyl or cyclic N) is 1. The van der Waals surface area contributed by atoms with Crippen LogP contribution >= 0.6 is 0 Å². The number of quaternary nitrogens is 1. The van der Waals surface area contributed by atoms with Gasteiger partial charge in [0.25, 0.3) is 5.91 Å². The van der Waals surface area contributed by atoms with Crippen LogP contribution in [0.5, 0.6) is 0 Å². The van der Waals surface area contributed by atoms with Crippen LogP contribution in [0.2, 0.25) is 0 Å². The topological polar surface area (TPSA) is 142 Å². The minimum atomic E-state index is -1.36. The van der Waals surface area contributed by atoms with Gasteiger partial charge in [0.15, 0.2) is 0 Å². The Bertz CT molecular complexity index is 977. The van der Waals surface area contributed by atoms with Gasteiger partial charge in [-0.3, -0.25) is 19.3 Å². The lowest BCUT2D eigenvalue weighted by atomic mass is 10.0. The number of carbonyl (C=O) groups is 5. The van der Waals surface area contributed by atoms with E-state index in [1.165, 1.54) is 6.07 Å². The van der Waals surface area contributed by atoms with Gasteiger partial charge in [-0.1, -0.05) is 24.5 Å². The van der Waals surface area contributed by atoms with Crippen LogP contribution < -0.4 is 10.9 Å². The number of benzene rings is 1. The van der Waals surface area contributed by atoms with Gasteiger partial charge in [-0.25, -0.2) is 9.59 Å². The van der Waals surface area contributed by atoms with Gasteiger partial charge in [-0.15, -0.1) is 0 Å². The number of carbonyl (C=O) groups excluding carboxylic acids is 5. The fourth-order valence-corrected chi connectivity index (χ4v) is 4.07. The molecule has 0 aromatic heterocycles. The first-order valence-corrected chi connectivity index (χ1v) is 10.4. The summed E-state index contributed by atoms with van der Waals surface area (Å²) in [5.74, 6) is -3.59. The summed E-state index contributed by atoms with van der Waals surface area (Å²) >= 11 is 0. The Kier molecular flexibility index (Phi) is 6.72. The van der Waals surface area contributed by atoms with Crippen molar-refractivity contribution in [3.63, 3.8) is 0 Å². The van der Waals surface area contributed by atoms with E-state index in [0.717, 1.165) is 4.90 Å². The summed E-state index contributed by atoms with van der Waals surface area (Å²) in [4.78, 5) is 70.9. The van der Waals surface area contributed by atoms with Gasteiger partial charge in [0.05, 0.1) is 18.8 Å². The smallest absolute Gasteiger partial charge is 0.379 e. The van der Waals surface area contributed by atoms with Crippen LogP contribution in [0.25, 0.3) is 0 Å². The molecule has 2 heterocycles. The van der Waals surface area contributed by atoms with E-state index in [4.69, 9.17) is 4.84 Å². The molecule has 3 rings (SSSR count). The second kappa shape index (κ2) is 9.15. The molecule has 2 aliphatic heterocycles. The van der Waals surface area contributed by atoms with Crippen molar-refractivity contribution in [2.24, 2.45) is 5.92 Å². The van der Waals surface area contributed by atoms with Crippen molar-refractivity contribution in [3.8, 4) is 0 Å². The third kappa shape index (κ3) is 3.78. The normalized spacial score (nSPS) is 23.0. The van der Waals surface area contributed by atoms with Gasteiger partial charge in [0.2, 0.25) is 11.9 Å². The number of hydrogen-bond donors (Lipinski definition) is 3. The number of aliphatic hydroxyl groups is 1. The highest BCUT2D eigenvalue weighted by Gasteiger charge is 2.65. The molecule has 1 aromatic carbocycles. The first-order chi connectivity index (χ1) is 15.2. The Morgan fingerprint density at radius 2 is 1.97 bits per heavy atom. The van der Waals surface area contributed by atoms with Crippen LogP contribution in [0.4, 0.5) is 5.69 Å². The zero-order chi connectivity index (χ0) is 23.6. The standard InChI is InChI=1S/C21H26N4O7/c1-12(2)11-17(28)32-23-25(15-7-8-16(27)24(9-10-26)19(15)29)20(30)13-5-4-6-14(22-3)18(13)21(25)31/h4-6,12,15,23,26H,7-11H2,1-3H3/p+1/t15?,25-/m0/s1. The lowest BCUT2D eigenvalue weighted by Crippen LogP contribution is -2.72. The largest absolute Gasteiger partial charge is 0.395 e. The summed E-state index contributed by atoms with van der Waals surface area (Å²) in [5.41, 5.74) is 2.82. The maximum Gasteiger partial charge on any atom is 0.379 e.